The van der Waals surface area contributed by atoms with Crippen LogP contribution in [0.5, 0.6) is 17.2 Å². The van der Waals surface area contributed by atoms with Crippen molar-refractivity contribution in [3.05, 3.63) is 122 Å². The van der Waals surface area contributed by atoms with Crippen LogP contribution in [0.15, 0.2) is 99.4 Å². The van der Waals surface area contributed by atoms with Crippen LogP contribution >= 0.6 is 31.9 Å². The number of imide groups is 2. The Kier molecular flexibility index (Phi) is 9.22. The van der Waals surface area contributed by atoms with E-state index in [9.17, 15) is 18.8 Å². The molecule has 1 aliphatic rings. The maximum Gasteiger partial charge on any atom is 0.335 e. The van der Waals surface area contributed by atoms with E-state index >= 15 is 0 Å². The van der Waals surface area contributed by atoms with Crippen LogP contribution in [0.3, 0.4) is 0 Å². The average Bonchev–Trinajstić information content (AvgIpc) is 2.99. The molecule has 1 fully saturated rings. The Hall–Kier alpha value is -4.48. The number of carbonyl (C=O) groups is 3. The van der Waals surface area contributed by atoms with Gasteiger partial charge in [-0.25, -0.2) is 14.1 Å². The summed E-state index contributed by atoms with van der Waals surface area (Å²) in [5.74, 6) is -0.532. The molecule has 1 saturated heterocycles. The van der Waals surface area contributed by atoms with Crippen molar-refractivity contribution in [1.29, 1.82) is 0 Å². The first-order chi connectivity index (χ1) is 20.7. The quantitative estimate of drug-likeness (QED) is 0.146. The first-order valence-corrected chi connectivity index (χ1v) is 14.4. The van der Waals surface area contributed by atoms with Crippen LogP contribution in [-0.4, -0.2) is 25.0 Å². The summed E-state index contributed by atoms with van der Waals surface area (Å²) in [7, 11) is 1.57. The molecule has 4 aromatic rings. The molecule has 1 N–H and O–H groups in total. The molecule has 0 atom stereocenters. The summed E-state index contributed by atoms with van der Waals surface area (Å²) in [6.45, 7) is 0.617. The molecule has 1 heterocycles. The smallest absolute Gasteiger partial charge is 0.335 e. The van der Waals surface area contributed by atoms with Gasteiger partial charge in [0, 0.05) is 0 Å². The van der Waals surface area contributed by atoms with Gasteiger partial charge in [0.1, 0.15) is 30.4 Å². The van der Waals surface area contributed by atoms with Gasteiger partial charge >= 0.3 is 6.03 Å². The minimum Gasteiger partial charge on any atom is -0.493 e. The molecule has 0 bridgehead atoms. The number of barbiturate groups is 1. The lowest BCUT2D eigenvalue weighted by Crippen LogP contribution is -2.54. The van der Waals surface area contributed by atoms with Crippen molar-refractivity contribution in [2.75, 3.05) is 12.0 Å². The zero-order valence-electron chi connectivity index (χ0n) is 22.6. The molecular formula is C32H23Br2FN2O6. The third-order valence-electron chi connectivity index (χ3n) is 6.37. The largest absolute Gasteiger partial charge is 0.493 e. The van der Waals surface area contributed by atoms with E-state index < -0.39 is 23.7 Å². The molecule has 11 heteroatoms. The second kappa shape index (κ2) is 13.2. The van der Waals surface area contributed by atoms with Crippen molar-refractivity contribution in [3.63, 3.8) is 0 Å². The molecule has 4 amide bonds. The molecule has 0 saturated carbocycles. The maximum absolute atomic E-state index is 13.4. The van der Waals surface area contributed by atoms with E-state index in [-0.39, 0.29) is 17.9 Å². The third-order valence-corrected chi connectivity index (χ3v) is 7.54. The van der Waals surface area contributed by atoms with Crippen molar-refractivity contribution in [1.82, 2.24) is 5.32 Å². The van der Waals surface area contributed by atoms with Crippen LogP contribution in [0.25, 0.3) is 6.08 Å². The standard InChI is InChI=1S/C32H23Br2FN2O6/c1-41-28-16-20(7-12-27(28)42-17-19-5-3-2-4-6-19)18-43-29-25(33)14-21(15-26(29)34)13-24-30(38)36-32(40)37(31(24)39)23-10-8-22(35)9-11-23/h2-16H,17-18H2,1H3,(H,36,38,40)/b24-13+. The number of halogens is 3. The lowest BCUT2D eigenvalue weighted by molar-refractivity contribution is -0.122. The molecule has 0 unspecified atom stereocenters. The summed E-state index contributed by atoms with van der Waals surface area (Å²) in [4.78, 5) is 38.9. The molecule has 0 spiro atoms. The van der Waals surface area contributed by atoms with Gasteiger partial charge in [0.25, 0.3) is 11.8 Å². The monoisotopic (exact) mass is 708 g/mol. The van der Waals surface area contributed by atoms with Crippen molar-refractivity contribution in [2.45, 2.75) is 13.2 Å². The predicted octanol–water partition coefficient (Wildman–Crippen LogP) is 7.18. The molecule has 43 heavy (non-hydrogen) atoms. The summed E-state index contributed by atoms with van der Waals surface area (Å²) in [5.41, 5.74) is 2.22. The number of nitrogens with zero attached hydrogens (tertiary/aromatic N) is 1. The molecule has 5 rings (SSSR count). The van der Waals surface area contributed by atoms with Gasteiger partial charge in [0.2, 0.25) is 0 Å². The normalized spacial score (nSPS) is 14.1. The summed E-state index contributed by atoms with van der Waals surface area (Å²) >= 11 is 7.00. The highest BCUT2D eigenvalue weighted by Crippen LogP contribution is 2.37. The average molecular weight is 710 g/mol. The highest BCUT2D eigenvalue weighted by Gasteiger charge is 2.36. The van der Waals surface area contributed by atoms with Crippen LogP contribution in [-0.2, 0) is 22.8 Å². The molecule has 8 nitrogen and oxygen atoms in total. The van der Waals surface area contributed by atoms with E-state index in [1.54, 1.807) is 19.2 Å². The number of urea groups is 1. The third kappa shape index (κ3) is 6.95. The maximum atomic E-state index is 13.4. The Bertz CT molecular complexity index is 1710. The molecule has 4 aromatic carbocycles. The first-order valence-electron chi connectivity index (χ1n) is 12.9. The number of carbonyl (C=O) groups excluding carboxylic acids is 3. The fraction of sp³-hybridized carbons (Fsp3) is 0.0938. The molecule has 0 aromatic heterocycles. The van der Waals surface area contributed by atoms with Gasteiger partial charge in [0.15, 0.2) is 11.5 Å². The highest BCUT2D eigenvalue weighted by molar-refractivity contribution is 9.11. The number of benzene rings is 4. The Morgan fingerprint density at radius 1 is 0.814 bits per heavy atom. The lowest BCUT2D eigenvalue weighted by atomic mass is 10.1. The number of ether oxygens (including phenoxy) is 3. The van der Waals surface area contributed by atoms with E-state index in [1.165, 1.54) is 18.2 Å². The van der Waals surface area contributed by atoms with Gasteiger partial charge < -0.3 is 14.2 Å². The summed E-state index contributed by atoms with van der Waals surface area (Å²) < 4.78 is 32.0. The van der Waals surface area contributed by atoms with Gasteiger partial charge in [-0.05, 0) is 103 Å². The first kappa shape index (κ1) is 30.0. The minimum absolute atomic E-state index is 0.126. The Morgan fingerprint density at radius 3 is 2.16 bits per heavy atom. The van der Waals surface area contributed by atoms with E-state index in [0.717, 1.165) is 28.2 Å². The lowest BCUT2D eigenvalue weighted by Gasteiger charge is -2.26. The van der Waals surface area contributed by atoms with Crippen LogP contribution in [0.4, 0.5) is 14.9 Å². The zero-order valence-corrected chi connectivity index (χ0v) is 25.8. The van der Waals surface area contributed by atoms with Crippen LogP contribution < -0.4 is 24.4 Å². The van der Waals surface area contributed by atoms with E-state index in [0.29, 0.717) is 38.4 Å². The number of hydrogen-bond acceptors (Lipinski definition) is 6. The van der Waals surface area contributed by atoms with Gasteiger partial charge in [-0.2, -0.15) is 0 Å². The summed E-state index contributed by atoms with van der Waals surface area (Å²) in [6, 6.07) is 22.6. The highest BCUT2D eigenvalue weighted by atomic mass is 79.9. The van der Waals surface area contributed by atoms with Crippen molar-refractivity contribution >= 4 is 61.5 Å². The van der Waals surface area contributed by atoms with Gasteiger partial charge in [-0.1, -0.05) is 36.4 Å². The molecule has 1 aliphatic heterocycles. The number of methoxy groups -OCH3 is 1. The van der Waals surface area contributed by atoms with Crippen molar-refractivity contribution < 1.29 is 33.0 Å². The summed E-state index contributed by atoms with van der Waals surface area (Å²) in [6.07, 6.45) is 1.36. The fourth-order valence-electron chi connectivity index (χ4n) is 4.26. The van der Waals surface area contributed by atoms with E-state index in [1.807, 2.05) is 48.5 Å². The Morgan fingerprint density at radius 2 is 1.49 bits per heavy atom. The van der Waals surface area contributed by atoms with Gasteiger partial charge in [-0.3, -0.25) is 14.9 Å². The van der Waals surface area contributed by atoms with Gasteiger partial charge in [-0.15, -0.1) is 0 Å². The van der Waals surface area contributed by atoms with Crippen LogP contribution in [0.2, 0.25) is 0 Å². The topological polar surface area (TPSA) is 94.2 Å². The van der Waals surface area contributed by atoms with Crippen molar-refractivity contribution in [2.24, 2.45) is 0 Å². The molecule has 0 radical (unpaired) electrons. The Labute approximate surface area is 263 Å². The minimum atomic E-state index is -0.919. The zero-order chi connectivity index (χ0) is 30.5. The number of hydrogen-bond donors (Lipinski definition) is 1. The van der Waals surface area contributed by atoms with E-state index in [4.69, 9.17) is 14.2 Å². The molecule has 218 valence electrons. The number of nitrogens with one attached hydrogen (secondary N) is 1. The SMILES string of the molecule is COc1cc(COc2c(Br)cc(/C=C3\C(=O)NC(=O)N(c4ccc(F)cc4)C3=O)cc2Br)ccc1OCc1ccccc1. The Balaban J connectivity index is 1.30. The second-order valence-corrected chi connectivity index (χ2v) is 11.0. The molecular weight excluding hydrogens is 687 g/mol. The predicted molar refractivity (Wildman–Crippen MR) is 165 cm³/mol. The number of amides is 4. The van der Waals surface area contributed by atoms with Crippen LogP contribution in [0.1, 0.15) is 16.7 Å². The van der Waals surface area contributed by atoms with Crippen LogP contribution in [0, 0.1) is 5.82 Å². The van der Waals surface area contributed by atoms with E-state index in [2.05, 4.69) is 37.2 Å². The van der Waals surface area contributed by atoms with Crippen molar-refractivity contribution in [3.8, 4) is 17.2 Å². The number of anilines is 1. The van der Waals surface area contributed by atoms with Gasteiger partial charge in [0.05, 0.1) is 21.7 Å². The molecule has 0 aliphatic carbocycles. The summed E-state index contributed by atoms with van der Waals surface area (Å²) in [5, 5.41) is 2.15. The second-order valence-electron chi connectivity index (χ2n) is 9.30. The fourth-order valence-corrected chi connectivity index (χ4v) is 5.71. The number of rotatable bonds is 9.